The molecule has 0 aliphatic rings. The zero-order valence-corrected chi connectivity index (χ0v) is 23.8. The number of aromatic nitrogens is 4. The van der Waals surface area contributed by atoms with E-state index in [4.69, 9.17) is 9.47 Å². The fourth-order valence-corrected chi connectivity index (χ4v) is 4.90. The Balaban J connectivity index is 1.67. The van der Waals surface area contributed by atoms with Gasteiger partial charge < -0.3 is 9.47 Å². The molecule has 0 aliphatic carbocycles. The summed E-state index contributed by atoms with van der Waals surface area (Å²) >= 11 is 4.98. The molecule has 0 radical (unpaired) electrons. The van der Waals surface area contributed by atoms with Crippen LogP contribution in [0.25, 0.3) is 11.1 Å². The molecule has 0 aliphatic heterocycles. The Morgan fingerprint density at radius 3 is 2.29 bits per heavy atom. The maximum absolute atomic E-state index is 13.2. The smallest absolute Gasteiger partial charge is 0.316 e. The molecule has 0 fully saturated rings. The van der Waals surface area contributed by atoms with Crippen LogP contribution in [0.4, 0.5) is 5.82 Å². The molecule has 2 aromatic carbocycles. The summed E-state index contributed by atoms with van der Waals surface area (Å²) in [5.41, 5.74) is 1.89. The molecule has 0 saturated carbocycles. The third-order valence-corrected chi connectivity index (χ3v) is 7.88. The van der Waals surface area contributed by atoms with E-state index < -0.39 is 10.2 Å². The Hall–Kier alpha value is -3.26. The molecule has 1 N–H and O–H groups in total. The predicted molar refractivity (Wildman–Crippen MR) is 151 cm³/mol. The van der Waals surface area contributed by atoms with E-state index in [9.17, 15) is 8.42 Å². The van der Waals surface area contributed by atoms with Crippen molar-refractivity contribution in [2.45, 2.75) is 11.4 Å². The molecule has 38 heavy (non-hydrogen) atoms. The molecular formula is C25H25BrN6O4S2. The monoisotopic (exact) mass is 616 g/mol. The molecule has 2 aromatic heterocycles. The third kappa shape index (κ3) is 6.98. The van der Waals surface area contributed by atoms with Gasteiger partial charge in [0.1, 0.15) is 19.5 Å². The number of ether oxygens (including phenoxy) is 2. The summed E-state index contributed by atoms with van der Waals surface area (Å²) in [4.78, 5) is 18.0. The fourth-order valence-electron chi connectivity index (χ4n) is 3.42. The predicted octanol–water partition coefficient (Wildman–Crippen LogP) is 4.35. The minimum absolute atomic E-state index is 0.0521. The molecule has 2 heterocycles. The summed E-state index contributed by atoms with van der Waals surface area (Å²) in [6, 6.07) is 16.9. The number of benzene rings is 2. The van der Waals surface area contributed by atoms with Gasteiger partial charge in [-0.25, -0.2) is 29.0 Å². The van der Waals surface area contributed by atoms with Crippen molar-refractivity contribution in [3.8, 4) is 23.0 Å². The van der Waals surface area contributed by atoms with Crippen molar-refractivity contribution < 1.29 is 17.9 Å². The SMILES string of the molecule is CNS(=O)(=O)N(Cc1ccccc1)c1ncnc(OCCOc2ncc(SC)cn2)c1-c1ccc(Br)cc1. The van der Waals surface area contributed by atoms with E-state index in [0.717, 1.165) is 14.9 Å². The molecule has 0 amide bonds. The largest absolute Gasteiger partial charge is 0.473 e. The van der Waals surface area contributed by atoms with Crippen molar-refractivity contribution in [1.29, 1.82) is 0 Å². The second-order valence-corrected chi connectivity index (χ2v) is 11.3. The van der Waals surface area contributed by atoms with Crippen molar-refractivity contribution in [3.63, 3.8) is 0 Å². The van der Waals surface area contributed by atoms with Gasteiger partial charge in [-0.15, -0.1) is 11.8 Å². The van der Waals surface area contributed by atoms with E-state index >= 15 is 0 Å². The van der Waals surface area contributed by atoms with Crippen molar-refractivity contribution in [2.24, 2.45) is 0 Å². The average Bonchev–Trinajstić information content (AvgIpc) is 2.95. The van der Waals surface area contributed by atoms with E-state index in [1.165, 1.54) is 29.4 Å². The van der Waals surface area contributed by atoms with E-state index in [-0.39, 0.29) is 37.5 Å². The minimum Gasteiger partial charge on any atom is -0.473 e. The van der Waals surface area contributed by atoms with Crippen LogP contribution in [0, 0.1) is 0 Å². The Kier molecular flexibility index (Phi) is 9.50. The minimum atomic E-state index is -3.95. The first kappa shape index (κ1) is 27.8. The van der Waals surface area contributed by atoms with Gasteiger partial charge in [0, 0.05) is 28.8 Å². The average molecular weight is 618 g/mol. The number of anilines is 1. The van der Waals surface area contributed by atoms with Gasteiger partial charge in [-0.1, -0.05) is 58.4 Å². The van der Waals surface area contributed by atoms with Crippen molar-refractivity contribution in [1.82, 2.24) is 24.7 Å². The second kappa shape index (κ2) is 13.0. The van der Waals surface area contributed by atoms with Crippen LogP contribution in [-0.4, -0.2) is 54.9 Å². The summed E-state index contributed by atoms with van der Waals surface area (Å²) in [5.74, 6) is 0.386. The van der Waals surface area contributed by atoms with Crippen molar-refractivity contribution in [2.75, 3.05) is 30.8 Å². The molecule has 0 spiro atoms. The molecule has 0 unspecified atom stereocenters. The van der Waals surface area contributed by atoms with Crippen molar-refractivity contribution in [3.05, 3.63) is 83.4 Å². The summed E-state index contributed by atoms with van der Waals surface area (Å²) < 4.78 is 42.4. The highest BCUT2D eigenvalue weighted by atomic mass is 79.9. The van der Waals surface area contributed by atoms with Crippen LogP contribution in [0.2, 0.25) is 0 Å². The van der Waals surface area contributed by atoms with Crippen LogP contribution < -0.4 is 18.5 Å². The molecule has 13 heteroatoms. The van der Waals surface area contributed by atoms with E-state index in [1.54, 1.807) is 12.4 Å². The maximum atomic E-state index is 13.2. The number of nitrogens with one attached hydrogen (secondary N) is 1. The lowest BCUT2D eigenvalue weighted by Gasteiger charge is -2.25. The normalized spacial score (nSPS) is 11.2. The first-order valence-electron chi connectivity index (χ1n) is 11.4. The van der Waals surface area contributed by atoms with E-state index in [0.29, 0.717) is 11.1 Å². The molecule has 10 nitrogen and oxygen atoms in total. The number of hydrogen-bond acceptors (Lipinski definition) is 9. The Bertz CT molecular complexity index is 1440. The lowest BCUT2D eigenvalue weighted by Crippen LogP contribution is -2.39. The van der Waals surface area contributed by atoms with Crippen LogP contribution in [0.5, 0.6) is 11.9 Å². The maximum Gasteiger partial charge on any atom is 0.316 e. The molecule has 4 aromatic rings. The second-order valence-electron chi connectivity index (χ2n) is 7.69. The Labute approximate surface area is 234 Å². The van der Waals surface area contributed by atoms with Crippen LogP contribution in [-0.2, 0) is 16.8 Å². The zero-order chi connectivity index (χ0) is 27.0. The molecule has 198 valence electrons. The van der Waals surface area contributed by atoms with Crippen LogP contribution in [0.1, 0.15) is 5.56 Å². The topological polar surface area (TPSA) is 119 Å². The number of hydrogen-bond donors (Lipinski definition) is 1. The number of rotatable bonds is 12. The molecule has 4 rings (SSSR count). The van der Waals surface area contributed by atoms with Gasteiger partial charge in [0.25, 0.3) is 0 Å². The third-order valence-electron chi connectivity index (χ3n) is 5.27. The summed E-state index contributed by atoms with van der Waals surface area (Å²) in [6.07, 6.45) is 6.58. The van der Waals surface area contributed by atoms with Crippen molar-refractivity contribution >= 4 is 43.7 Å². The van der Waals surface area contributed by atoms with E-state index in [1.807, 2.05) is 60.9 Å². The van der Waals surface area contributed by atoms with Gasteiger partial charge in [-0.3, -0.25) is 0 Å². The Morgan fingerprint density at radius 2 is 1.63 bits per heavy atom. The highest BCUT2D eigenvalue weighted by Gasteiger charge is 2.28. The first-order valence-corrected chi connectivity index (χ1v) is 14.8. The standard InChI is InChI=1S/C25H25BrN6O4S2/c1-27-38(33,34)32(16-18-6-4-3-5-7-18)23-22(19-8-10-20(26)11-9-19)24(31-17-30-23)35-12-13-36-25-28-14-21(37-2)15-29-25/h3-11,14-15,17,27H,12-13,16H2,1-2H3. The molecule has 0 bridgehead atoms. The highest BCUT2D eigenvalue weighted by molar-refractivity contribution is 9.10. The molecule has 0 atom stereocenters. The van der Waals surface area contributed by atoms with Crippen LogP contribution in [0.15, 0.2) is 82.7 Å². The van der Waals surface area contributed by atoms with Gasteiger partial charge in [0.15, 0.2) is 5.82 Å². The first-order chi connectivity index (χ1) is 18.4. The number of nitrogens with zero attached hydrogens (tertiary/aromatic N) is 5. The number of halogens is 1. The summed E-state index contributed by atoms with van der Waals surface area (Å²) in [6.45, 7) is 0.321. The molecule has 0 saturated heterocycles. The van der Waals surface area contributed by atoms with Gasteiger partial charge in [0.05, 0.1) is 12.1 Å². The summed E-state index contributed by atoms with van der Waals surface area (Å²) in [5, 5.41) is 0. The van der Waals surface area contributed by atoms with Crippen LogP contribution in [0.3, 0.4) is 0 Å². The lowest BCUT2D eigenvalue weighted by molar-refractivity contribution is 0.201. The lowest BCUT2D eigenvalue weighted by atomic mass is 10.1. The quantitative estimate of drug-likeness (QED) is 0.183. The Morgan fingerprint density at radius 1 is 0.947 bits per heavy atom. The summed E-state index contributed by atoms with van der Waals surface area (Å²) in [7, 11) is -2.59. The van der Waals surface area contributed by atoms with E-state index in [2.05, 4.69) is 40.6 Å². The van der Waals surface area contributed by atoms with Gasteiger partial charge in [0.2, 0.25) is 5.88 Å². The zero-order valence-electron chi connectivity index (χ0n) is 20.6. The fraction of sp³-hybridized carbons (Fsp3) is 0.200. The van der Waals surface area contributed by atoms with Crippen LogP contribution >= 0.6 is 27.7 Å². The molecular weight excluding hydrogens is 592 g/mol. The number of thioether (sulfide) groups is 1. The highest BCUT2D eigenvalue weighted by Crippen LogP contribution is 2.38. The van der Waals surface area contributed by atoms with Gasteiger partial charge >= 0.3 is 16.2 Å². The van der Waals surface area contributed by atoms with Gasteiger partial charge in [-0.2, -0.15) is 8.42 Å². The van der Waals surface area contributed by atoms with Gasteiger partial charge in [-0.05, 0) is 29.5 Å².